The molecule has 1 saturated carbocycles. The van der Waals surface area contributed by atoms with Gasteiger partial charge in [-0.1, -0.05) is 6.07 Å². The van der Waals surface area contributed by atoms with Crippen molar-refractivity contribution in [2.75, 3.05) is 13.6 Å². The number of hydrogen-bond acceptors (Lipinski definition) is 2. The Hall–Kier alpha value is -1.02. The highest BCUT2D eigenvalue weighted by atomic mass is 16.3. The summed E-state index contributed by atoms with van der Waals surface area (Å²) in [4.78, 5) is 2.53. The van der Waals surface area contributed by atoms with E-state index in [2.05, 4.69) is 37.3 Å². The van der Waals surface area contributed by atoms with Gasteiger partial charge in [-0.05, 0) is 81.3 Å². The number of aromatic hydroxyl groups is 1. The number of nitrogens with zero attached hydrogens (tertiary/aromatic N) is 1. The molecule has 2 nitrogen and oxygen atoms in total. The van der Waals surface area contributed by atoms with Gasteiger partial charge in [0.2, 0.25) is 0 Å². The molecule has 2 bridgehead atoms. The summed E-state index contributed by atoms with van der Waals surface area (Å²) in [6.07, 6.45) is 10.4. The molecule has 1 heterocycles. The molecule has 2 fully saturated rings. The Morgan fingerprint density at radius 1 is 1.37 bits per heavy atom. The van der Waals surface area contributed by atoms with Crippen molar-refractivity contribution in [1.29, 1.82) is 0 Å². The Labute approximate surface area is 115 Å². The lowest BCUT2D eigenvalue weighted by atomic mass is 9.52. The lowest BCUT2D eigenvalue weighted by Gasteiger charge is -2.58. The van der Waals surface area contributed by atoms with Gasteiger partial charge in [-0.25, -0.2) is 0 Å². The summed E-state index contributed by atoms with van der Waals surface area (Å²) in [6, 6.07) is 6.62. The zero-order valence-electron chi connectivity index (χ0n) is 11.3. The van der Waals surface area contributed by atoms with Gasteiger partial charge < -0.3 is 10.0 Å². The Kier molecular flexibility index (Phi) is 2.47. The third kappa shape index (κ3) is 1.53. The van der Waals surface area contributed by atoms with E-state index in [1.54, 1.807) is 0 Å². The molecule has 0 aromatic heterocycles. The number of likely N-dealkylation sites (N-methyl/N-ethyl adjacent to an activating group) is 1. The number of rotatable bonds is 0. The summed E-state index contributed by atoms with van der Waals surface area (Å²) in [6.45, 7) is 1.15. The highest BCUT2D eigenvalue weighted by molar-refractivity contribution is 5.49. The Bertz CT molecular complexity index is 512. The first kappa shape index (κ1) is 11.8. The van der Waals surface area contributed by atoms with E-state index >= 15 is 0 Å². The van der Waals surface area contributed by atoms with Crippen LogP contribution in [0.15, 0.2) is 18.2 Å². The van der Waals surface area contributed by atoms with Crippen LogP contribution in [0.25, 0.3) is 0 Å². The Morgan fingerprint density at radius 2 is 2.26 bits per heavy atom. The largest absolute Gasteiger partial charge is 0.508 e. The minimum absolute atomic E-state index is 0.165. The van der Waals surface area contributed by atoms with Gasteiger partial charge in [0.25, 0.3) is 0 Å². The maximum atomic E-state index is 9.88. The normalized spacial score (nSPS) is 37.5. The molecule has 1 saturated heterocycles. The van der Waals surface area contributed by atoms with E-state index in [9.17, 15) is 5.11 Å². The fourth-order valence-electron chi connectivity index (χ4n) is 4.53. The minimum Gasteiger partial charge on any atom is -0.508 e. The second-order valence-corrected chi connectivity index (χ2v) is 6.32. The molecular weight excluding hydrogens is 234 g/mol. The summed E-state index contributed by atoms with van der Waals surface area (Å²) >= 11 is 0. The smallest absolute Gasteiger partial charge is 0.115 e. The van der Waals surface area contributed by atoms with Crippen LogP contribution in [0.4, 0.5) is 0 Å². The van der Waals surface area contributed by atoms with E-state index < -0.39 is 0 Å². The summed E-state index contributed by atoms with van der Waals surface area (Å²) in [7, 11) is 2.26. The highest BCUT2D eigenvalue weighted by Crippen LogP contribution is 2.54. The zero-order valence-corrected chi connectivity index (χ0v) is 11.3. The quantitative estimate of drug-likeness (QED) is 0.769. The van der Waals surface area contributed by atoms with E-state index in [4.69, 9.17) is 0 Å². The molecule has 99 valence electrons. The van der Waals surface area contributed by atoms with Crippen molar-refractivity contribution in [1.82, 2.24) is 4.90 Å². The van der Waals surface area contributed by atoms with Crippen molar-refractivity contribution >= 4 is 0 Å². The number of likely N-dealkylation sites (tertiary alicyclic amines) is 1. The number of fused-ring (bicyclic) bond motifs is 1. The monoisotopic (exact) mass is 254 g/mol. The lowest BCUT2D eigenvalue weighted by Crippen LogP contribution is -2.60. The van der Waals surface area contributed by atoms with Crippen molar-refractivity contribution < 1.29 is 5.11 Å². The number of benzene rings is 1. The summed E-state index contributed by atoms with van der Waals surface area (Å²) < 4.78 is 0. The second kappa shape index (κ2) is 3.99. The summed E-state index contributed by atoms with van der Waals surface area (Å²) in [5.74, 6) is 1.08. The van der Waals surface area contributed by atoms with Gasteiger partial charge >= 0.3 is 0 Å². The Morgan fingerprint density at radius 3 is 3.16 bits per heavy atom. The SMILES string of the molecule is CN1CC[C@]23[CH][CH][CH]CC2[C@H]1Cc1ccc(O)cc13. The van der Waals surface area contributed by atoms with E-state index in [0.29, 0.717) is 17.7 Å². The van der Waals surface area contributed by atoms with Crippen LogP contribution in [0, 0.1) is 25.2 Å². The van der Waals surface area contributed by atoms with E-state index in [0.717, 1.165) is 13.0 Å². The average molecular weight is 254 g/mol. The fraction of sp³-hybridized carbons (Fsp3) is 0.471. The molecule has 2 heteroatoms. The fourth-order valence-corrected chi connectivity index (χ4v) is 4.53. The molecule has 1 aromatic rings. The zero-order chi connectivity index (χ0) is 13.0. The van der Waals surface area contributed by atoms with Crippen molar-refractivity contribution in [3.05, 3.63) is 48.6 Å². The molecule has 3 aliphatic rings. The van der Waals surface area contributed by atoms with Crippen LogP contribution >= 0.6 is 0 Å². The molecule has 0 spiro atoms. The summed E-state index contributed by atoms with van der Waals surface area (Å²) in [5, 5.41) is 9.88. The van der Waals surface area contributed by atoms with Gasteiger partial charge in [-0.3, -0.25) is 0 Å². The minimum atomic E-state index is 0.165. The van der Waals surface area contributed by atoms with Crippen LogP contribution in [0.1, 0.15) is 24.0 Å². The van der Waals surface area contributed by atoms with Crippen LogP contribution in [0.3, 0.4) is 0 Å². The maximum absolute atomic E-state index is 9.88. The number of piperidine rings is 1. The van der Waals surface area contributed by atoms with Gasteiger partial charge in [0.1, 0.15) is 5.75 Å². The van der Waals surface area contributed by atoms with Crippen LogP contribution in [0.5, 0.6) is 5.75 Å². The molecule has 0 amide bonds. The molecule has 2 aliphatic carbocycles. The molecule has 1 aliphatic heterocycles. The molecule has 4 rings (SSSR count). The van der Waals surface area contributed by atoms with Crippen molar-refractivity contribution in [3.8, 4) is 5.75 Å². The maximum Gasteiger partial charge on any atom is 0.115 e. The van der Waals surface area contributed by atoms with Gasteiger partial charge in [0.15, 0.2) is 0 Å². The van der Waals surface area contributed by atoms with Gasteiger partial charge in [-0.15, -0.1) is 0 Å². The lowest BCUT2D eigenvalue weighted by molar-refractivity contribution is 0.0421. The first-order valence-corrected chi connectivity index (χ1v) is 7.24. The standard InChI is InChI=1S/C17H20NO/c1-18-9-8-17-7-3-2-4-14(17)16(18)10-12-5-6-13(19)11-15(12)17/h2-3,5-7,11,14,16,19H,4,8-10H2,1H3/t14?,16-,17-/m1/s1. The first-order chi connectivity index (χ1) is 9.21. The summed E-state index contributed by atoms with van der Waals surface area (Å²) in [5.41, 5.74) is 2.97. The van der Waals surface area contributed by atoms with Gasteiger partial charge in [0, 0.05) is 11.5 Å². The molecule has 1 aromatic carbocycles. The van der Waals surface area contributed by atoms with Crippen LogP contribution < -0.4 is 0 Å². The van der Waals surface area contributed by atoms with E-state index in [-0.39, 0.29) is 5.41 Å². The number of hydrogen-bond donors (Lipinski definition) is 1. The van der Waals surface area contributed by atoms with Gasteiger partial charge in [-0.2, -0.15) is 0 Å². The van der Waals surface area contributed by atoms with Crippen molar-refractivity contribution in [2.45, 2.75) is 30.7 Å². The molecule has 1 N–H and O–H groups in total. The third-order valence-electron chi connectivity index (χ3n) is 5.51. The molecule has 19 heavy (non-hydrogen) atoms. The molecule has 1 unspecified atom stereocenters. The van der Waals surface area contributed by atoms with E-state index in [1.807, 2.05) is 12.1 Å². The van der Waals surface area contributed by atoms with Crippen LogP contribution in [-0.2, 0) is 11.8 Å². The molecular formula is C17H20NO. The van der Waals surface area contributed by atoms with Gasteiger partial charge in [0.05, 0.1) is 0 Å². The first-order valence-electron chi connectivity index (χ1n) is 7.24. The second-order valence-electron chi connectivity index (χ2n) is 6.32. The predicted octanol–water partition coefficient (Wildman–Crippen LogP) is 2.52. The van der Waals surface area contributed by atoms with Crippen molar-refractivity contribution in [2.24, 2.45) is 5.92 Å². The number of phenolic OH excluding ortho intramolecular Hbond substituents is 1. The Balaban J connectivity index is 1.90. The van der Waals surface area contributed by atoms with E-state index in [1.165, 1.54) is 24.0 Å². The topological polar surface area (TPSA) is 23.5 Å². The third-order valence-corrected chi connectivity index (χ3v) is 5.51. The number of phenols is 1. The highest BCUT2D eigenvalue weighted by Gasteiger charge is 2.53. The average Bonchev–Trinajstić information content (AvgIpc) is 2.43. The van der Waals surface area contributed by atoms with Crippen LogP contribution in [-0.4, -0.2) is 29.6 Å². The molecule has 3 atom stereocenters. The van der Waals surface area contributed by atoms with Crippen LogP contribution in [0.2, 0.25) is 0 Å². The van der Waals surface area contributed by atoms with Crippen molar-refractivity contribution in [3.63, 3.8) is 0 Å². The predicted molar refractivity (Wildman–Crippen MR) is 75.5 cm³/mol. The molecule has 3 radical (unpaired) electrons.